The van der Waals surface area contributed by atoms with Gasteiger partial charge < -0.3 is 5.53 Å². The minimum Gasteiger partial charge on any atom is -0.493 e. The fourth-order valence-corrected chi connectivity index (χ4v) is 2.22. The summed E-state index contributed by atoms with van der Waals surface area (Å²) in [4.78, 5) is 4.58. The third-order valence-corrected chi connectivity index (χ3v) is 3.07. The van der Waals surface area contributed by atoms with Gasteiger partial charge in [-0.15, -0.1) is 0 Å². The lowest BCUT2D eigenvalue weighted by Gasteiger charge is -2.06. The molecule has 0 amide bonds. The van der Waals surface area contributed by atoms with Crippen molar-refractivity contribution in [2.45, 2.75) is 0 Å². The first-order valence-corrected chi connectivity index (χ1v) is 5.15. The monoisotopic (exact) mass is 205 g/mol. The Bertz CT molecular complexity index is 867. The molecule has 2 aromatic carbocycles. The topological polar surface area (TPSA) is 41.1 Å². The Kier molecular flexibility index (Phi) is 1.21. The number of hydrogen-bond donors (Lipinski definition) is 0. The lowest BCUT2D eigenvalue weighted by molar-refractivity contribution is -0.444. The smallest absolute Gasteiger partial charge is 0.216 e. The van der Waals surface area contributed by atoms with E-state index in [1.54, 1.807) is 0 Å². The molecule has 3 aromatic heterocycles. The van der Waals surface area contributed by atoms with Crippen LogP contribution in [0.25, 0.3) is 38.4 Å². The first-order chi connectivity index (χ1) is 7.83. The maximum absolute atomic E-state index is 9.62. The van der Waals surface area contributed by atoms with E-state index in [1.165, 1.54) is 4.36 Å². The fraction of sp³-hybridized carbons (Fsp3) is 0. The molecule has 0 N–H and O–H groups in total. The summed E-state index contributed by atoms with van der Waals surface area (Å²) in [5.74, 6) is 0. The maximum atomic E-state index is 9.62. The van der Waals surface area contributed by atoms with Gasteiger partial charge in [-0.25, -0.2) is 9.35 Å². The van der Waals surface area contributed by atoms with E-state index >= 15 is 0 Å². The van der Waals surface area contributed by atoms with Gasteiger partial charge in [-0.3, -0.25) is 0 Å². The number of benzene rings is 2. The van der Waals surface area contributed by atoms with Gasteiger partial charge in [-0.05, 0) is 12.1 Å². The molecule has 0 radical (unpaired) electrons. The first-order valence-electron chi connectivity index (χ1n) is 5.15. The van der Waals surface area contributed by atoms with Crippen LogP contribution in [0.15, 0.2) is 42.5 Å². The molecule has 5 aromatic rings. The molecule has 3 heteroatoms. The maximum Gasteiger partial charge on any atom is 0.216 e. The zero-order valence-electron chi connectivity index (χ0n) is 8.38. The van der Waals surface area contributed by atoms with Crippen LogP contribution in [0.3, 0.4) is 0 Å². The Morgan fingerprint density at radius 1 is 1.00 bits per heavy atom. The van der Waals surface area contributed by atoms with E-state index in [2.05, 4.69) is 11.1 Å². The van der Waals surface area contributed by atoms with Crippen LogP contribution < -0.4 is 4.36 Å². The first kappa shape index (κ1) is 7.93. The zero-order chi connectivity index (χ0) is 10.7. The van der Waals surface area contributed by atoms with Gasteiger partial charge >= 0.3 is 0 Å². The van der Waals surface area contributed by atoms with Crippen molar-refractivity contribution < 1.29 is 4.36 Å². The lowest BCUT2D eigenvalue weighted by Crippen LogP contribution is -2.20. The van der Waals surface area contributed by atoms with Crippen LogP contribution in [0.4, 0.5) is 0 Å². The quantitative estimate of drug-likeness (QED) is 0.321. The van der Waals surface area contributed by atoms with Crippen molar-refractivity contribution in [1.82, 2.24) is 4.98 Å². The van der Waals surface area contributed by atoms with E-state index < -0.39 is 0 Å². The van der Waals surface area contributed by atoms with Crippen LogP contribution in [0.1, 0.15) is 0 Å². The van der Waals surface area contributed by atoms with Crippen LogP contribution in [0, 0.1) is 0 Å². The van der Waals surface area contributed by atoms with Crippen LogP contribution >= 0.6 is 0 Å². The van der Waals surface area contributed by atoms with Crippen LogP contribution in [-0.4, -0.2) is 4.98 Å². The second kappa shape index (κ2) is 2.44. The normalized spacial score (nSPS) is 12.0. The number of nitrogens with zero attached hydrogens (tertiary/aromatic N) is 3. The third-order valence-electron chi connectivity index (χ3n) is 3.07. The average molecular weight is 205 g/mol. The van der Waals surface area contributed by atoms with E-state index in [1.807, 2.05) is 36.4 Å². The Hall–Kier alpha value is -2.29. The molecule has 74 valence electrons. The highest BCUT2D eigenvalue weighted by Crippen LogP contribution is 2.25. The minimum atomic E-state index is 0.810. The highest BCUT2D eigenvalue weighted by molar-refractivity contribution is 6.03. The van der Waals surface area contributed by atoms with E-state index in [0.717, 1.165) is 32.8 Å². The summed E-state index contributed by atoms with van der Waals surface area (Å²) in [6.07, 6.45) is 0. The Morgan fingerprint density at radius 3 is 2.75 bits per heavy atom. The molecule has 0 saturated carbocycles. The third kappa shape index (κ3) is 0.810. The number of pyridine rings is 2. The van der Waals surface area contributed by atoms with E-state index in [4.69, 9.17) is 0 Å². The van der Waals surface area contributed by atoms with E-state index in [-0.39, 0.29) is 0 Å². The molecule has 0 fully saturated rings. The summed E-state index contributed by atoms with van der Waals surface area (Å²) < 4.78 is 1.21. The van der Waals surface area contributed by atoms with Gasteiger partial charge in [0.1, 0.15) is 0 Å². The van der Waals surface area contributed by atoms with Crippen molar-refractivity contribution in [3.8, 4) is 0 Å². The average Bonchev–Trinajstić information content (AvgIpc) is 2.34. The summed E-state index contributed by atoms with van der Waals surface area (Å²) in [7, 11) is 0. The minimum absolute atomic E-state index is 0.810. The van der Waals surface area contributed by atoms with Crippen molar-refractivity contribution in [1.29, 1.82) is 0 Å². The number of hydrogen-bond acceptors (Lipinski definition) is 1. The van der Waals surface area contributed by atoms with Crippen molar-refractivity contribution in [2.75, 3.05) is 0 Å². The standard InChI is InChI=1S/C13H7N3/c14-16-9-6-12-10(13(16)7-9)5-8-3-1-2-4-11(8)15-12/h1-7H. The van der Waals surface area contributed by atoms with Gasteiger partial charge in [-0.1, -0.05) is 18.2 Å². The molecule has 0 aliphatic rings. The van der Waals surface area contributed by atoms with Crippen LogP contribution in [0.2, 0.25) is 0 Å². The number of para-hydroxylation sites is 1. The van der Waals surface area contributed by atoms with Crippen molar-refractivity contribution in [3.05, 3.63) is 48.0 Å². The van der Waals surface area contributed by atoms with Crippen molar-refractivity contribution in [3.63, 3.8) is 0 Å². The highest BCUT2D eigenvalue weighted by atomic mass is 15.1. The molecule has 5 rings (SSSR count). The molecule has 3 nitrogen and oxygen atoms in total. The predicted octanol–water partition coefficient (Wildman–Crippen LogP) is 2.59. The summed E-state index contributed by atoms with van der Waals surface area (Å²) in [6.45, 7) is 0. The molecule has 0 unspecified atom stereocenters. The molecule has 2 bridgehead atoms. The van der Waals surface area contributed by atoms with E-state index in [0.29, 0.717) is 0 Å². The Morgan fingerprint density at radius 2 is 1.88 bits per heavy atom. The summed E-state index contributed by atoms with van der Waals surface area (Å²) in [6, 6.07) is 13.9. The Balaban J connectivity index is 2.32. The lowest BCUT2D eigenvalue weighted by atomic mass is 10.1. The van der Waals surface area contributed by atoms with Crippen molar-refractivity contribution >= 4 is 32.8 Å². The van der Waals surface area contributed by atoms with E-state index in [9.17, 15) is 5.53 Å². The van der Waals surface area contributed by atoms with Crippen LogP contribution in [0.5, 0.6) is 0 Å². The molecule has 16 heavy (non-hydrogen) atoms. The number of rotatable bonds is 0. The molecular formula is C13H7N3. The molecular weight excluding hydrogens is 198 g/mol. The molecule has 0 aliphatic carbocycles. The van der Waals surface area contributed by atoms with Gasteiger partial charge in [0.2, 0.25) is 11.0 Å². The second-order valence-electron chi connectivity index (χ2n) is 4.02. The predicted molar refractivity (Wildman–Crippen MR) is 62.5 cm³/mol. The summed E-state index contributed by atoms with van der Waals surface area (Å²) >= 11 is 0. The number of fused-ring (bicyclic) bond motifs is 1. The van der Waals surface area contributed by atoms with Crippen LogP contribution in [-0.2, 0) is 0 Å². The largest absolute Gasteiger partial charge is 0.493 e. The SMILES string of the molecule is [N-]=[n+]1c2cc3nc4ccccc4cc3c1c2. The number of aromatic nitrogens is 2. The summed E-state index contributed by atoms with van der Waals surface area (Å²) in [5, 5.41) is 2.09. The van der Waals surface area contributed by atoms with Crippen molar-refractivity contribution in [2.24, 2.45) is 0 Å². The fourth-order valence-electron chi connectivity index (χ4n) is 2.22. The molecule has 0 saturated heterocycles. The molecule has 0 aliphatic heterocycles. The highest BCUT2D eigenvalue weighted by Gasteiger charge is 2.15. The Labute approximate surface area is 90.8 Å². The van der Waals surface area contributed by atoms with Gasteiger partial charge in [0.15, 0.2) is 0 Å². The zero-order valence-corrected chi connectivity index (χ0v) is 8.38. The second-order valence-corrected chi connectivity index (χ2v) is 4.02. The molecule has 0 atom stereocenters. The van der Waals surface area contributed by atoms with Gasteiger partial charge in [0.25, 0.3) is 0 Å². The molecule has 0 spiro atoms. The summed E-state index contributed by atoms with van der Waals surface area (Å²) in [5.41, 5.74) is 13.2. The van der Waals surface area contributed by atoms with Gasteiger partial charge in [0, 0.05) is 11.5 Å². The van der Waals surface area contributed by atoms with Gasteiger partial charge in [0.05, 0.1) is 22.5 Å². The van der Waals surface area contributed by atoms with Gasteiger partial charge in [-0.2, -0.15) is 0 Å². The molecule has 3 heterocycles.